The maximum atomic E-state index is 12.6. The van der Waals surface area contributed by atoms with Gasteiger partial charge in [0.05, 0.1) is 0 Å². The second kappa shape index (κ2) is 28.3. The van der Waals surface area contributed by atoms with E-state index in [-0.39, 0.29) is 4.90 Å². The highest BCUT2D eigenvalue weighted by Crippen LogP contribution is 2.32. The summed E-state index contributed by atoms with van der Waals surface area (Å²) in [5.74, 6) is 0. The molecule has 0 amide bonds. The molecule has 0 spiro atoms. The molecule has 2 rings (SSSR count). The van der Waals surface area contributed by atoms with Crippen LogP contribution >= 0.6 is 0 Å². The van der Waals surface area contributed by atoms with Crippen molar-refractivity contribution in [1.82, 2.24) is 0 Å². The third kappa shape index (κ3) is 19.7. The van der Waals surface area contributed by atoms with Crippen LogP contribution in [0.4, 0.5) is 0 Å². The molecule has 0 aliphatic heterocycles. The van der Waals surface area contributed by atoms with Gasteiger partial charge in [-0.15, -0.1) is 0 Å². The molecule has 276 valence electrons. The van der Waals surface area contributed by atoms with E-state index in [1.165, 1.54) is 179 Å². The summed E-state index contributed by atoms with van der Waals surface area (Å²) in [4.78, 5) is 0.142. The van der Waals surface area contributed by atoms with Gasteiger partial charge in [-0.25, -0.2) is 0 Å². The lowest BCUT2D eigenvalue weighted by atomic mass is 9.94. The normalized spacial score (nSPS) is 12.0. The molecule has 0 unspecified atom stereocenters. The van der Waals surface area contributed by atoms with Gasteiger partial charge in [-0.05, 0) is 42.2 Å². The smallest absolute Gasteiger partial charge is 0.282 e. The first kappa shape index (κ1) is 42.8. The number of aryl methyl sites for hydroxylation is 2. The summed E-state index contributed by atoms with van der Waals surface area (Å²) >= 11 is 0. The molecule has 0 heterocycles. The number of benzene rings is 2. The zero-order valence-electron chi connectivity index (χ0n) is 31.7. The molecule has 0 atom stereocenters. The zero-order chi connectivity index (χ0) is 34.5. The lowest BCUT2D eigenvalue weighted by Crippen LogP contribution is -2.06. The summed E-state index contributed by atoms with van der Waals surface area (Å²) in [6.07, 6.45) is 41.7. The molecule has 0 saturated carbocycles. The van der Waals surface area contributed by atoms with Crippen molar-refractivity contribution in [3.8, 4) is 0 Å². The van der Waals surface area contributed by atoms with Gasteiger partial charge in [0.25, 0.3) is 10.1 Å². The SMILES string of the molecule is CCCCCCCCCCCCCCCCCc1cc(CCCCCCCCCCCCCCCCC)c2ccccc2c1S(=O)(=O)O. The minimum atomic E-state index is -4.30. The van der Waals surface area contributed by atoms with Gasteiger partial charge in [0, 0.05) is 5.39 Å². The van der Waals surface area contributed by atoms with E-state index in [9.17, 15) is 13.0 Å². The van der Waals surface area contributed by atoms with E-state index < -0.39 is 10.1 Å². The van der Waals surface area contributed by atoms with Crippen molar-refractivity contribution in [2.75, 3.05) is 0 Å². The summed E-state index contributed by atoms with van der Waals surface area (Å²) in [7, 11) is -4.30. The lowest BCUT2D eigenvalue weighted by Gasteiger charge is -2.15. The van der Waals surface area contributed by atoms with Gasteiger partial charge in [-0.3, -0.25) is 4.55 Å². The molecular formula is C44H76O3S. The molecule has 2 aromatic carbocycles. The van der Waals surface area contributed by atoms with Crippen molar-refractivity contribution in [2.45, 2.75) is 224 Å². The Labute approximate surface area is 298 Å². The third-order valence-electron chi connectivity index (χ3n) is 10.5. The van der Waals surface area contributed by atoms with Crippen LogP contribution in [0, 0.1) is 0 Å². The first-order chi connectivity index (χ1) is 23.5. The van der Waals surface area contributed by atoms with Gasteiger partial charge < -0.3 is 0 Å². The zero-order valence-corrected chi connectivity index (χ0v) is 32.5. The molecule has 0 fully saturated rings. The molecule has 0 saturated heterocycles. The van der Waals surface area contributed by atoms with Gasteiger partial charge in [-0.2, -0.15) is 8.42 Å². The molecule has 4 heteroatoms. The lowest BCUT2D eigenvalue weighted by molar-refractivity contribution is 0.482. The highest BCUT2D eigenvalue weighted by Gasteiger charge is 2.21. The molecule has 0 aliphatic rings. The molecular weight excluding hydrogens is 609 g/mol. The number of unbranched alkanes of at least 4 members (excludes halogenated alkanes) is 28. The van der Waals surface area contributed by atoms with Gasteiger partial charge in [0.2, 0.25) is 0 Å². The highest BCUT2D eigenvalue weighted by molar-refractivity contribution is 7.86. The largest absolute Gasteiger partial charge is 0.295 e. The standard InChI is InChI=1S/C44H76O3S/c1-3-5-7-9-11-13-15-17-19-21-23-25-27-29-31-35-40-39-41(44(48(45,46)47)43-38-34-33-37-42(40)43)36-32-30-28-26-24-22-20-18-16-14-12-10-8-6-4-2/h33-34,37-39H,3-32,35-36H2,1-2H3,(H,45,46,47). The highest BCUT2D eigenvalue weighted by atomic mass is 32.2. The van der Waals surface area contributed by atoms with Gasteiger partial charge in [-0.1, -0.05) is 224 Å². The van der Waals surface area contributed by atoms with E-state index >= 15 is 0 Å². The van der Waals surface area contributed by atoms with Crippen molar-refractivity contribution in [2.24, 2.45) is 0 Å². The van der Waals surface area contributed by atoms with Crippen molar-refractivity contribution in [1.29, 1.82) is 0 Å². The molecule has 0 aromatic heterocycles. The van der Waals surface area contributed by atoms with Crippen molar-refractivity contribution in [3.05, 3.63) is 41.5 Å². The molecule has 48 heavy (non-hydrogen) atoms. The van der Waals surface area contributed by atoms with E-state index in [2.05, 4.69) is 19.9 Å². The Morgan fingerprint density at radius 1 is 0.417 bits per heavy atom. The van der Waals surface area contributed by atoms with Crippen LogP contribution in [-0.2, 0) is 23.0 Å². The Balaban J connectivity index is 1.69. The summed E-state index contributed by atoms with van der Waals surface area (Å²) in [5, 5.41) is 1.67. The molecule has 1 N–H and O–H groups in total. The van der Waals surface area contributed by atoms with Gasteiger partial charge in [0.15, 0.2) is 0 Å². The average molecular weight is 685 g/mol. The maximum absolute atomic E-state index is 12.6. The number of hydrogen-bond donors (Lipinski definition) is 1. The predicted octanol–water partition coefficient (Wildman–Crippen LogP) is 14.9. The number of fused-ring (bicyclic) bond motifs is 1. The first-order valence-corrected chi connectivity index (χ1v) is 22.4. The maximum Gasteiger partial charge on any atom is 0.295 e. The van der Waals surface area contributed by atoms with Gasteiger partial charge in [0.1, 0.15) is 4.90 Å². The topological polar surface area (TPSA) is 54.4 Å². The van der Waals surface area contributed by atoms with Crippen LogP contribution in [0.2, 0.25) is 0 Å². The van der Waals surface area contributed by atoms with E-state index in [0.717, 1.165) is 36.6 Å². The molecule has 0 bridgehead atoms. The first-order valence-electron chi connectivity index (χ1n) is 21.0. The monoisotopic (exact) mass is 685 g/mol. The van der Waals surface area contributed by atoms with Crippen LogP contribution in [-0.4, -0.2) is 13.0 Å². The fourth-order valence-corrected chi connectivity index (χ4v) is 8.51. The van der Waals surface area contributed by atoms with Crippen molar-refractivity contribution in [3.63, 3.8) is 0 Å². The van der Waals surface area contributed by atoms with Crippen LogP contribution in [0.1, 0.15) is 218 Å². The second-order valence-corrected chi connectivity index (χ2v) is 16.3. The van der Waals surface area contributed by atoms with Crippen molar-refractivity contribution >= 4 is 20.9 Å². The summed E-state index contributed by atoms with van der Waals surface area (Å²) in [6, 6.07) is 9.90. The van der Waals surface area contributed by atoms with Crippen LogP contribution in [0.15, 0.2) is 35.2 Å². The quantitative estimate of drug-likeness (QED) is 0.0601. The van der Waals surface area contributed by atoms with Crippen LogP contribution in [0.3, 0.4) is 0 Å². The predicted molar refractivity (Wildman–Crippen MR) is 211 cm³/mol. The van der Waals surface area contributed by atoms with Crippen LogP contribution in [0.25, 0.3) is 10.8 Å². The van der Waals surface area contributed by atoms with Crippen molar-refractivity contribution < 1.29 is 13.0 Å². The fraction of sp³-hybridized carbons (Fsp3) is 0.773. The van der Waals surface area contributed by atoms with E-state index in [0.29, 0.717) is 11.8 Å². The Hall–Kier alpha value is -1.39. The van der Waals surface area contributed by atoms with E-state index in [4.69, 9.17) is 0 Å². The molecule has 2 aromatic rings. The number of rotatable bonds is 33. The van der Waals surface area contributed by atoms with E-state index in [1.807, 2.05) is 24.3 Å². The Morgan fingerprint density at radius 3 is 1.04 bits per heavy atom. The Bertz CT molecular complexity index is 1160. The van der Waals surface area contributed by atoms with E-state index in [1.54, 1.807) is 0 Å². The van der Waals surface area contributed by atoms with Crippen LogP contribution < -0.4 is 0 Å². The minimum Gasteiger partial charge on any atom is -0.282 e. The summed E-state index contributed by atoms with van der Waals surface area (Å²) in [6.45, 7) is 4.56. The fourth-order valence-electron chi connectivity index (χ4n) is 7.56. The summed E-state index contributed by atoms with van der Waals surface area (Å²) < 4.78 is 35.5. The van der Waals surface area contributed by atoms with Gasteiger partial charge >= 0.3 is 0 Å². The molecule has 0 radical (unpaired) electrons. The second-order valence-electron chi connectivity index (χ2n) is 14.9. The molecule has 0 aliphatic carbocycles. The van der Waals surface area contributed by atoms with Crippen LogP contribution in [0.5, 0.6) is 0 Å². The average Bonchev–Trinajstić information content (AvgIpc) is 3.07. The Morgan fingerprint density at radius 2 is 0.708 bits per heavy atom. The summed E-state index contributed by atoms with van der Waals surface area (Å²) in [5.41, 5.74) is 2.05. The minimum absolute atomic E-state index is 0.142. The third-order valence-corrected chi connectivity index (χ3v) is 11.5. The molecule has 3 nitrogen and oxygen atoms in total. The number of hydrogen-bond acceptors (Lipinski definition) is 2. The Kier molecular flexibility index (Phi) is 25.2.